The van der Waals surface area contributed by atoms with Crippen LogP contribution >= 0.6 is 0 Å². The molecular formula is C29H36N6O3. The Morgan fingerprint density at radius 3 is 2.71 bits per heavy atom. The number of rotatable bonds is 3. The molecule has 9 nitrogen and oxygen atoms in total. The molecule has 4 aliphatic rings. The zero-order chi connectivity index (χ0) is 25.8. The van der Waals surface area contributed by atoms with E-state index in [1.165, 1.54) is 16.7 Å². The van der Waals surface area contributed by atoms with Crippen molar-refractivity contribution in [3.63, 3.8) is 0 Å². The van der Waals surface area contributed by atoms with Crippen LogP contribution in [0.5, 0.6) is 0 Å². The van der Waals surface area contributed by atoms with E-state index in [9.17, 15) is 4.79 Å². The van der Waals surface area contributed by atoms with E-state index in [0.29, 0.717) is 26.2 Å². The number of fused-ring (bicyclic) bond motifs is 4. The monoisotopic (exact) mass is 516 g/mol. The molecule has 0 radical (unpaired) electrons. The number of pyridine rings is 1. The Bertz CT molecular complexity index is 1350. The number of carbonyl (C=O) groups excluding carboxylic acids is 1. The Morgan fingerprint density at radius 1 is 1.11 bits per heavy atom. The standard InChI is InChI=1S/C29H36N6O3/c1-33(2)27-13-32-28-24(27)11-20(12-31-28)19-9-18-5-7-34(29(36)35-14-21-3-4-22(15-35)38-21)16-25(18)23(10-19)26-17-37-8-6-30-26/h9-13,21-22,26,30H,3-8,14-17H2,1-2H3,(H,31,32)/t21?,22?,26-/m0/s1. The van der Waals surface area contributed by atoms with Gasteiger partial charge in [-0.3, -0.25) is 0 Å². The van der Waals surface area contributed by atoms with Crippen LogP contribution in [0.1, 0.15) is 35.6 Å². The summed E-state index contributed by atoms with van der Waals surface area (Å²) in [7, 11) is 4.10. The first-order chi connectivity index (χ1) is 18.5. The maximum atomic E-state index is 13.6. The molecule has 6 heterocycles. The number of aromatic nitrogens is 2. The van der Waals surface area contributed by atoms with E-state index in [2.05, 4.69) is 47.5 Å². The number of morpholine rings is 2. The van der Waals surface area contributed by atoms with Crippen molar-refractivity contribution < 1.29 is 14.3 Å². The Hall–Kier alpha value is -3.14. The maximum Gasteiger partial charge on any atom is 0.320 e. The van der Waals surface area contributed by atoms with Gasteiger partial charge in [-0.15, -0.1) is 0 Å². The van der Waals surface area contributed by atoms with Crippen molar-refractivity contribution in [2.24, 2.45) is 0 Å². The largest absolute Gasteiger partial charge is 0.378 e. The minimum atomic E-state index is 0.105. The fourth-order valence-electron chi connectivity index (χ4n) is 6.59. The Kier molecular flexibility index (Phi) is 6.02. The first kappa shape index (κ1) is 23.9. The summed E-state index contributed by atoms with van der Waals surface area (Å²) in [6.07, 6.45) is 7.35. The number of benzene rings is 1. The van der Waals surface area contributed by atoms with Gasteiger partial charge in [0, 0.05) is 70.2 Å². The summed E-state index contributed by atoms with van der Waals surface area (Å²) in [5.41, 5.74) is 8.09. The highest BCUT2D eigenvalue weighted by molar-refractivity contribution is 5.93. The number of carbonyl (C=O) groups is 1. The zero-order valence-corrected chi connectivity index (χ0v) is 22.2. The van der Waals surface area contributed by atoms with Gasteiger partial charge in [-0.25, -0.2) is 9.78 Å². The van der Waals surface area contributed by atoms with Crippen molar-refractivity contribution in [3.05, 3.63) is 47.3 Å². The number of nitrogens with zero attached hydrogens (tertiary/aromatic N) is 4. The number of hydrogen-bond donors (Lipinski definition) is 2. The minimum Gasteiger partial charge on any atom is -0.378 e. The molecule has 0 spiro atoms. The summed E-state index contributed by atoms with van der Waals surface area (Å²) >= 11 is 0. The van der Waals surface area contributed by atoms with Gasteiger partial charge in [0.05, 0.1) is 37.2 Å². The fourth-order valence-corrected chi connectivity index (χ4v) is 6.59. The predicted octanol–water partition coefficient (Wildman–Crippen LogP) is 3.30. The normalized spacial score (nSPS) is 25.1. The van der Waals surface area contributed by atoms with Crippen LogP contribution in [-0.2, 0) is 22.4 Å². The van der Waals surface area contributed by atoms with Gasteiger partial charge in [0.25, 0.3) is 0 Å². The third-order valence-electron chi connectivity index (χ3n) is 8.58. The molecule has 3 aromatic rings. The molecule has 1 aromatic carbocycles. The topological polar surface area (TPSA) is 86.0 Å². The third kappa shape index (κ3) is 4.22. The molecule has 0 saturated carbocycles. The number of hydrogen-bond acceptors (Lipinski definition) is 6. The number of nitrogens with one attached hydrogen (secondary N) is 2. The lowest BCUT2D eigenvalue weighted by Gasteiger charge is -2.39. The quantitative estimate of drug-likeness (QED) is 0.556. The average Bonchev–Trinajstić information content (AvgIpc) is 3.53. The molecule has 9 heteroatoms. The minimum absolute atomic E-state index is 0.105. The van der Waals surface area contributed by atoms with Gasteiger partial charge in [-0.2, -0.15) is 0 Å². The van der Waals surface area contributed by atoms with Crippen LogP contribution in [0, 0.1) is 0 Å². The van der Waals surface area contributed by atoms with Crippen LogP contribution in [0.3, 0.4) is 0 Å². The molecule has 38 heavy (non-hydrogen) atoms. The van der Waals surface area contributed by atoms with E-state index in [4.69, 9.17) is 14.5 Å². The number of amides is 2. The second-order valence-electron chi connectivity index (χ2n) is 11.3. The van der Waals surface area contributed by atoms with Crippen LogP contribution in [-0.4, -0.2) is 91.5 Å². The summed E-state index contributed by atoms with van der Waals surface area (Å²) in [4.78, 5) is 27.8. The second kappa shape index (κ2) is 9.55. The highest BCUT2D eigenvalue weighted by Crippen LogP contribution is 2.36. The summed E-state index contributed by atoms with van der Waals surface area (Å²) in [5, 5.41) is 4.77. The maximum absolute atomic E-state index is 13.6. The average molecular weight is 517 g/mol. The molecule has 2 unspecified atom stereocenters. The predicted molar refractivity (Wildman–Crippen MR) is 146 cm³/mol. The SMILES string of the molecule is CN(C)c1c[nH]c2ncc(-c3cc4c(c([C@@H]5COCCN5)c3)CN(C(=O)N3CC5CCC(C3)O5)CC4)cc12. The van der Waals surface area contributed by atoms with E-state index in [1.807, 2.05) is 22.2 Å². The molecule has 7 rings (SSSR count). The van der Waals surface area contributed by atoms with E-state index in [-0.39, 0.29) is 24.3 Å². The van der Waals surface area contributed by atoms with Crippen molar-refractivity contribution in [2.45, 2.75) is 44.1 Å². The Balaban J connectivity index is 1.23. The van der Waals surface area contributed by atoms with Crippen molar-refractivity contribution >= 4 is 22.8 Å². The third-order valence-corrected chi connectivity index (χ3v) is 8.58. The molecule has 3 fully saturated rings. The molecule has 2 amide bonds. The molecule has 200 valence electrons. The summed E-state index contributed by atoms with van der Waals surface area (Å²) in [6.45, 7) is 4.98. The van der Waals surface area contributed by atoms with E-state index >= 15 is 0 Å². The molecule has 4 aliphatic heterocycles. The molecule has 2 bridgehead atoms. The lowest BCUT2D eigenvalue weighted by atomic mass is 9.87. The number of anilines is 1. The molecule has 2 aromatic heterocycles. The first-order valence-electron chi connectivity index (χ1n) is 13.8. The van der Waals surface area contributed by atoms with Gasteiger partial charge in [0.15, 0.2) is 0 Å². The molecular weight excluding hydrogens is 480 g/mol. The lowest BCUT2D eigenvalue weighted by Crippen LogP contribution is -2.52. The summed E-state index contributed by atoms with van der Waals surface area (Å²) < 4.78 is 11.8. The number of urea groups is 1. The van der Waals surface area contributed by atoms with Crippen LogP contribution in [0.15, 0.2) is 30.6 Å². The molecule has 2 N–H and O–H groups in total. The van der Waals surface area contributed by atoms with E-state index < -0.39 is 0 Å². The van der Waals surface area contributed by atoms with Gasteiger partial charge in [0.1, 0.15) is 5.65 Å². The van der Waals surface area contributed by atoms with Crippen LogP contribution in [0.4, 0.5) is 10.5 Å². The van der Waals surface area contributed by atoms with Gasteiger partial charge < -0.3 is 34.5 Å². The van der Waals surface area contributed by atoms with Crippen molar-refractivity contribution in [2.75, 3.05) is 58.4 Å². The molecule has 3 saturated heterocycles. The van der Waals surface area contributed by atoms with E-state index in [0.717, 1.165) is 66.8 Å². The smallest absolute Gasteiger partial charge is 0.320 e. The van der Waals surface area contributed by atoms with E-state index in [1.54, 1.807) is 0 Å². The van der Waals surface area contributed by atoms with Crippen molar-refractivity contribution in [1.29, 1.82) is 0 Å². The van der Waals surface area contributed by atoms with Crippen LogP contribution in [0.25, 0.3) is 22.2 Å². The van der Waals surface area contributed by atoms with Gasteiger partial charge in [-0.05, 0) is 53.6 Å². The highest BCUT2D eigenvalue weighted by atomic mass is 16.5. The summed E-state index contributed by atoms with van der Waals surface area (Å²) in [5.74, 6) is 0. The molecule has 3 atom stereocenters. The fraction of sp³-hybridized carbons (Fsp3) is 0.517. The highest BCUT2D eigenvalue weighted by Gasteiger charge is 2.38. The number of aromatic amines is 1. The second-order valence-corrected chi connectivity index (χ2v) is 11.3. The zero-order valence-electron chi connectivity index (χ0n) is 22.2. The lowest BCUT2D eigenvalue weighted by molar-refractivity contribution is -0.0291. The van der Waals surface area contributed by atoms with Crippen LogP contribution < -0.4 is 10.2 Å². The Morgan fingerprint density at radius 2 is 1.95 bits per heavy atom. The van der Waals surface area contributed by atoms with Gasteiger partial charge in [0.2, 0.25) is 0 Å². The Labute approximate surface area is 223 Å². The van der Waals surface area contributed by atoms with Crippen molar-refractivity contribution in [1.82, 2.24) is 25.1 Å². The van der Waals surface area contributed by atoms with Crippen LogP contribution in [0.2, 0.25) is 0 Å². The van der Waals surface area contributed by atoms with Gasteiger partial charge in [-0.1, -0.05) is 6.07 Å². The number of H-pyrrole nitrogens is 1. The number of likely N-dealkylation sites (tertiary alicyclic amines) is 1. The summed E-state index contributed by atoms with van der Waals surface area (Å²) in [6, 6.07) is 7.09. The van der Waals surface area contributed by atoms with Gasteiger partial charge >= 0.3 is 6.03 Å². The first-order valence-corrected chi connectivity index (χ1v) is 13.8. The molecule has 0 aliphatic carbocycles. The van der Waals surface area contributed by atoms with Crippen molar-refractivity contribution in [3.8, 4) is 11.1 Å². The number of ether oxygens (including phenoxy) is 2.